The predicted octanol–water partition coefficient (Wildman–Crippen LogP) is 7.96. The predicted molar refractivity (Wildman–Crippen MR) is 125 cm³/mol. The van der Waals surface area contributed by atoms with E-state index in [1.807, 2.05) is 12.2 Å². The van der Waals surface area contributed by atoms with Crippen LogP contribution in [0.15, 0.2) is 66.8 Å². The number of benzene rings is 2. The van der Waals surface area contributed by atoms with Gasteiger partial charge in [-0.2, -0.15) is 22.0 Å². The summed E-state index contributed by atoms with van der Waals surface area (Å²) in [5.41, 5.74) is 5.03. The van der Waals surface area contributed by atoms with Gasteiger partial charge in [0.15, 0.2) is 0 Å². The third-order valence-corrected chi connectivity index (χ3v) is 6.01. The molecule has 0 aliphatic heterocycles. The van der Waals surface area contributed by atoms with Crippen LogP contribution in [0.25, 0.3) is 11.4 Å². The highest BCUT2D eigenvalue weighted by Gasteiger charge is 2.40. The van der Waals surface area contributed by atoms with Gasteiger partial charge in [0, 0.05) is 11.1 Å². The van der Waals surface area contributed by atoms with Crippen LogP contribution < -0.4 is 5.73 Å². The Morgan fingerprint density at radius 2 is 1.77 bits per heavy atom. The maximum atomic E-state index is 15.1. The lowest BCUT2D eigenvalue weighted by atomic mass is 9.89. The zero-order valence-corrected chi connectivity index (χ0v) is 19.2. The van der Waals surface area contributed by atoms with Gasteiger partial charge in [0.2, 0.25) is 0 Å². The fraction of sp³-hybridized carbons (Fsp3) is 0.259. The van der Waals surface area contributed by atoms with Crippen LogP contribution in [-0.2, 0) is 6.05 Å². The fourth-order valence-corrected chi connectivity index (χ4v) is 3.89. The van der Waals surface area contributed by atoms with Crippen molar-refractivity contribution in [1.29, 1.82) is 0 Å². The number of hydrogen-bond donors (Lipinski definition) is 2. The molecular formula is C27H25F6NO. The van der Waals surface area contributed by atoms with Crippen LogP contribution in [0.4, 0.5) is 26.3 Å². The summed E-state index contributed by atoms with van der Waals surface area (Å²) in [7, 11) is 0. The minimum atomic E-state index is -4.90. The molecule has 2 nitrogen and oxygen atoms in total. The molecule has 0 heterocycles. The van der Waals surface area contributed by atoms with E-state index in [9.17, 15) is 27.1 Å². The van der Waals surface area contributed by atoms with Gasteiger partial charge in [0.1, 0.15) is 17.5 Å². The maximum Gasteiger partial charge on any atom is 0.399 e. The Kier molecular flexibility index (Phi) is 7.36. The van der Waals surface area contributed by atoms with Crippen LogP contribution >= 0.6 is 0 Å². The quantitative estimate of drug-likeness (QED) is 0.317. The second-order valence-electron chi connectivity index (χ2n) is 8.52. The summed E-state index contributed by atoms with van der Waals surface area (Å²) >= 11 is 0. The van der Waals surface area contributed by atoms with E-state index in [2.05, 4.69) is 6.58 Å². The molecule has 0 radical (unpaired) electrons. The van der Waals surface area contributed by atoms with Crippen LogP contribution in [0.2, 0.25) is 0 Å². The van der Waals surface area contributed by atoms with Gasteiger partial charge in [-0.1, -0.05) is 43.0 Å². The van der Waals surface area contributed by atoms with Crippen molar-refractivity contribution in [2.24, 2.45) is 5.73 Å². The first kappa shape index (κ1) is 26.3. The second-order valence-corrected chi connectivity index (χ2v) is 8.52. The Bertz CT molecular complexity index is 1210. The minimum absolute atomic E-state index is 0.0293. The number of phenolic OH excluding ortho intramolecular Hbond substituents is 1. The first-order valence-corrected chi connectivity index (χ1v) is 10.8. The summed E-state index contributed by atoms with van der Waals surface area (Å²) in [4.78, 5) is 0. The van der Waals surface area contributed by atoms with Crippen LogP contribution in [0.5, 0.6) is 5.75 Å². The number of alkyl halides is 5. The average Bonchev–Trinajstić information content (AvgIpc) is 2.79. The first-order valence-electron chi connectivity index (χ1n) is 10.8. The summed E-state index contributed by atoms with van der Waals surface area (Å²) in [5, 5.41) is 9.97. The van der Waals surface area contributed by atoms with Crippen molar-refractivity contribution in [3.8, 4) is 5.75 Å². The van der Waals surface area contributed by atoms with Gasteiger partial charge in [-0.3, -0.25) is 5.73 Å². The summed E-state index contributed by atoms with van der Waals surface area (Å²) < 4.78 is 85.2. The minimum Gasteiger partial charge on any atom is -0.508 e. The van der Waals surface area contributed by atoms with Gasteiger partial charge in [-0.15, -0.1) is 0 Å². The Morgan fingerprint density at radius 3 is 2.31 bits per heavy atom. The van der Waals surface area contributed by atoms with Crippen molar-refractivity contribution in [3.05, 3.63) is 100 Å². The molecule has 1 aliphatic rings. The van der Waals surface area contributed by atoms with Crippen molar-refractivity contribution in [2.45, 2.75) is 44.8 Å². The summed E-state index contributed by atoms with van der Waals surface area (Å²) in [6.07, 6.45) is 2.30. The van der Waals surface area contributed by atoms with Crippen molar-refractivity contribution in [1.82, 2.24) is 0 Å². The molecule has 0 bridgehead atoms. The molecule has 1 unspecified atom stereocenters. The van der Waals surface area contributed by atoms with E-state index in [-0.39, 0.29) is 22.4 Å². The number of allylic oxidation sites excluding steroid dienone is 6. The fourth-order valence-electron chi connectivity index (χ4n) is 3.89. The second kappa shape index (κ2) is 9.77. The SMILES string of the molecule is C=C(C1=CCCC=C1)c1ccc(/C(F)=C/C(c2cc(C)c(C)c(O)c2)C(F)(F)F)cc1C(N)(F)F. The van der Waals surface area contributed by atoms with Gasteiger partial charge >= 0.3 is 12.2 Å². The Hall–Kier alpha value is -3.26. The molecular weight excluding hydrogens is 468 g/mol. The van der Waals surface area contributed by atoms with Crippen LogP contribution in [0.1, 0.15) is 52.1 Å². The molecule has 1 atom stereocenters. The number of aryl methyl sites for hydroxylation is 1. The van der Waals surface area contributed by atoms with E-state index >= 15 is 4.39 Å². The third kappa shape index (κ3) is 5.88. The monoisotopic (exact) mass is 493 g/mol. The molecule has 2 aromatic carbocycles. The van der Waals surface area contributed by atoms with Gasteiger partial charge < -0.3 is 5.11 Å². The molecule has 3 rings (SSSR count). The van der Waals surface area contributed by atoms with Gasteiger partial charge in [0.05, 0.1) is 0 Å². The molecule has 1 aliphatic carbocycles. The molecule has 2 aromatic rings. The van der Waals surface area contributed by atoms with E-state index in [1.54, 1.807) is 6.08 Å². The largest absolute Gasteiger partial charge is 0.508 e. The molecule has 8 heteroatoms. The molecule has 0 spiro atoms. The van der Waals surface area contributed by atoms with Crippen molar-refractivity contribution in [2.75, 3.05) is 0 Å². The van der Waals surface area contributed by atoms with E-state index in [0.29, 0.717) is 29.2 Å². The molecule has 0 saturated carbocycles. The molecule has 35 heavy (non-hydrogen) atoms. The highest BCUT2D eigenvalue weighted by atomic mass is 19.4. The maximum absolute atomic E-state index is 15.1. The highest BCUT2D eigenvalue weighted by molar-refractivity contribution is 5.83. The summed E-state index contributed by atoms with van der Waals surface area (Å²) in [6.45, 7) is 6.91. The Labute approximate surface area is 199 Å². The normalized spacial score (nSPS) is 15.7. The number of halogens is 6. The number of rotatable bonds is 6. The summed E-state index contributed by atoms with van der Waals surface area (Å²) in [5.74, 6) is -4.13. The van der Waals surface area contributed by atoms with E-state index in [1.165, 1.54) is 26.0 Å². The standard InChI is InChI=1S/C27H25F6NO/c1-15-11-20(13-25(35)16(15)2)22(26(29,30)31)14-24(28)19-9-10-21(23(12-19)27(32,33)34)17(3)18-7-5-4-6-8-18/h5,7-14,22,35H,3-4,6,34H2,1-2H3/b24-14-. The lowest BCUT2D eigenvalue weighted by Crippen LogP contribution is -2.27. The number of hydrogen-bond acceptors (Lipinski definition) is 2. The number of phenols is 1. The smallest absolute Gasteiger partial charge is 0.399 e. The molecule has 0 fully saturated rings. The molecule has 186 valence electrons. The van der Waals surface area contributed by atoms with Crippen molar-refractivity contribution < 1.29 is 31.4 Å². The lowest BCUT2D eigenvalue weighted by Gasteiger charge is -2.21. The topological polar surface area (TPSA) is 46.2 Å². The van der Waals surface area contributed by atoms with Gasteiger partial charge in [0.25, 0.3) is 0 Å². The molecule has 3 N–H and O–H groups in total. The Balaban J connectivity index is 2.09. The molecule has 0 aromatic heterocycles. The van der Waals surface area contributed by atoms with Crippen LogP contribution in [0, 0.1) is 13.8 Å². The Morgan fingerprint density at radius 1 is 1.09 bits per heavy atom. The zero-order chi connectivity index (χ0) is 26.1. The van der Waals surface area contributed by atoms with Crippen LogP contribution in [0.3, 0.4) is 0 Å². The van der Waals surface area contributed by atoms with E-state index < -0.39 is 35.1 Å². The van der Waals surface area contributed by atoms with Crippen molar-refractivity contribution >= 4 is 11.4 Å². The van der Waals surface area contributed by atoms with Crippen molar-refractivity contribution in [3.63, 3.8) is 0 Å². The molecule has 0 amide bonds. The van der Waals surface area contributed by atoms with Crippen LogP contribution in [-0.4, -0.2) is 11.3 Å². The summed E-state index contributed by atoms with van der Waals surface area (Å²) in [6, 6.07) is 1.26. The lowest BCUT2D eigenvalue weighted by molar-refractivity contribution is -0.139. The third-order valence-electron chi connectivity index (χ3n) is 6.01. The number of aromatic hydroxyl groups is 1. The van der Waals surface area contributed by atoms with E-state index in [4.69, 9.17) is 5.73 Å². The zero-order valence-electron chi connectivity index (χ0n) is 19.2. The molecule has 0 saturated heterocycles. The van der Waals surface area contributed by atoms with Gasteiger partial charge in [-0.05, 0) is 78.3 Å². The van der Waals surface area contributed by atoms with E-state index in [0.717, 1.165) is 24.6 Å². The number of nitrogens with two attached hydrogens (primary N) is 1. The first-order chi connectivity index (χ1) is 16.2. The average molecular weight is 493 g/mol. The highest BCUT2D eigenvalue weighted by Crippen LogP contribution is 2.41. The van der Waals surface area contributed by atoms with Gasteiger partial charge in [-0.25, -0.2) is 4.39 Å².